The van der Waals surface area contributed by atoms with Gasteiger partial charge in [0.25, 0.3) is 11.8 Å². The summed E-state index contributed by atoms with van der Waals surface area (Å²) in [4.78, 5) is 25.1. The van der Waals surface area contributed by atoms with Crippen molar-refractivity contribution in [2.75, 3.05) is 22.5 Å². The molecule has 0 radical (unpaired) electrons. The van der Waals surface area contributed by atoms with Crippen LogP contribution in [-0.2, 0) is 11.2 Å². The van der Waals surface area contributed by atoms with E-state index in [1.54, 1.807) is 12.1 Å². The van der Waals surface area contributed by atoms with E-state index in [2.05, 4.69) is 34.3 Å². The number of carbonyl (C=O) groups excluding carboxylic acids is 2. The number of hydrogen-bond donors (Lipinski definition) is 4. The zero-order valence-corrected chi connectivity index (χ0v) is 20.9. The Morgan fingerprint density at radius 1 is 1.00 bits per heavy atom. The molecule has 0 fully saturated rings. The van der Waals surface area contributed by atoms with Crippen molar-refractivity contribution in [2.24, 2.45) is 0 Å². The molecule has 5 rings (SSSR count). The molecule has 184 valence electrons. The highest BCUT2D eigenvalue weighted by Crippen LogP contribution is 2.36. The summed E-state index contributed by atoms with van der Waals surface area (Å²) in [5.41, 5.74) is 7.56. The lowest BCUT2D eigenvalue weighted by Gasteiger charge is -2.15. The molecule has 6 nitrogen and oxygen atoms in total. The number of rotatable bonds is 6. The third-order valence-corrected chi connectivity index (χ3v) is 6.00. The number of aryl methyl sites for hydroxylation is 1. The first-order valence-electron chi connectivity index (χ1n) is 12.5. The van der Waals surface area contributed by atoms with Crippen LogP contribution in [0.5, 0.6) is 0 Å². The number of hydrogen-bond acceptors (Lipinski definition) is 4. The molecule has 3 aromatic rings. The van der Waals surface area contributed by atoms with E-state index < -0.39 is 0 Å². The van der Waals surface area contributed by atoms with Crippen molar-refractivity contribution in [1.82, 2.24) is 5.32 Å². The number of allylic oxidation sites excluding steroid dienone is 1. The average molecular weight is 481 g/mol. The van der Waals surface area contributed by atoms with Crippen LogP contribution < -0.4 is 21.3 Å². The van der Waals surface area contributed by atoms with Gasteiger partial charge in [-0.2, -0.15) is 0 Å². The van der Waals surface area contributed by atoms with Crippen molar-refractivity contribution in [2.45, 2.75) is 33.6 Å². The van der Waals surface area contributed by atoms with Gasteiger partial charge >= 0.3 is 0 Å². The van der Waals surface area contributed by atoms with Crippen molar-refractivity contribution in [3.05, 3.63) is 101 Å². The standard InChI is InChI=1S/C28H26N4O2.C2H6/c1-2-18-10-11-22(31-27(33)19-7-4-3-5-8-19)16-25(18)30-21-12-13-23-24(15-20-9-6-14-29-20)28(34)32-26(23)17-21;1-2/h3-5,7-13,15-17,29-30H,2,6,14H2,1H3,(H,31,33)(H,32,34);1-2H3/b24-15-;. The van der Waals surface area contributed by atoms with Crippen LogP contribution in [-0.4, -0.2) is 18.4 Å². The Hall–Kier alpha value is -4.32. The highest BCUT2D eigenvalue weighted by atomic mass is 16.2. The maximum Gasteiger partial charge on any atom is 0.256 e. The summed E-state index contributed by atoms with van der Waals surface area (Å²) in [7, 11) is 0. The van der Waals surface area contributed by atoms with Crippen LogP contribution in [0.1, 0.15) is 48.7 Å². The second-order valence-corrected chi connectivity index (χ2v) is 8.32. The molecular weight excluding hydrogens is 448 g/mol. The maximum atomic E-state index is 12.6. The molecule has 0 spiro atoms. The summed E-state index contributed by atoms with van der Waals surface area (Å²) in [5.74, 6) is -0.246. The molecule has 2 amide bonds. The van der Waals surface area contributed by atoms with Gasteiger partial charge in [0, 0.05) is 40.4 Å². The van der Waals surface area contributed by atoms with E-state index in [9.17, 15) is 9.59 Å². The molecule has 2 aliphatic heterocycles. The van der Waals surface area contributed by atoms with E-state index in [1.165, 1.54) is 0 Å². The molecule has 0 aromatic heterocycles. The Balaban J connectivity index is 0.00000148. The zero-order valence-electron chi connectivity index (χ0n) is 20.9. The average Bonchev–Trinajstić information content (AvgIpc) is 3.53. The molecule has 2 heterocycles. The summed E-state index contributed by atoms with van der Waals surface area (Å²) >= 11 is 0. The Kier molecular flexibility index (Phi) is 7.85. The Morgan fingerprint density at radius 2 is 1.78 bits per heavy atom. The Bertz CT molecular complexity index is 1330. The normalized spacial score (nSPS) is 14.7. The molecule has 6 heteroatoms. The van der Waals surface area contributed by atoms with Gasteiger partial charge in [-0.25, -0.2) is 0 Å². The third kappa shape index (κ3) is 5.49. The fourth-order valence-corrected chi connectivity index (χ4v) is 4.22. The highest BCUT2D eigenvalue weighted by Gasteiger charge is 2.25. The van der Waals surface area contributed by atoms with Crippen LogP contribution in [0.15, 0.2) is 84.6 Å². The lowest BCUT2D eigenvalue weighted by atomic mass is 10.0. The summed E-state index contributed by atoms with van der Waals surface area (Å²) in [6.07, 6.45) is 5.83. The predicted octanol–water partition coefficient (Wildman–Crippen LogP) is 6.48. The Morgan fingerprint density at radius 3 is 2.50 bits per heavy atom. The first kappa shape index (κ1) is 24.8. The molecule has 0 aliphatic carbocycles. The number of nitrogens with one attached hydrogen (secondary N) is 4. The summed E-state index contributed by atoms with van der Waals surface area (Å²) in [6, 6.07) is 20.9. The van der Waals surface area contributed by atoms with Gasteiger partial charge in [-0.1, -0.05) is 57.2 Å². The number of carbonyl (C=O) groups is 2. The van der Waals surface area contributed by atoms with E-state index in [4.69, 9.17) is 0 Å². The van der Waals surface area contributed by atoms with Crippen molar-refractivity contribution in [1.29, 1.82) is 0 Å². The first-order valence-corrected chi connectivity index (χ1v) is 12.5. The van der Waals surface area contributed by atoms with Crippen LogP contribution in [0.25, 0.3) is 5.57 Å². The summed E-state index contributed by atoms with van der Waals surface area (Å²) in [5, 5.41) is 12.7. The molecule has 0 atom stereocenters. The lowest BCUT2D eigenvalue weighted by molar-refractivity contribution is -0.110. The number of amides is 2. The molecule has 0 bridgehead atoms. The Labute approximate surface area is 212 Å². The van der Waals surface area contributed by atoms with E-state index in [0.29, 0.717) is 16.8 Å². The van der Waals surface area contributed by atoms with Crippen LogP contribution >= 0.6 is 0 Å². The fourth-order valence-electron chi connectivity index (χ4n) is 4.22. The van der Waals surface area contributed by atoms with Crippen molar-refractivity contribution in [3.8, 4) is 0 Å². The van der Waals surface area contributed by atoms with E-state index in [1.807, 2.05) is 74.5 Å². The van der Waals surface area contributed by atoms with Crippen LogP contribution in [0.2, 0.25) is 0 Å². The molecule has 2 aliphatic rings. The number of benzene rings is 3. The topological polar surface area (TPSA) is 82.3 Å². The van der Waals surface area contributed by atoms with Crippen molar-refractivity contribution >= 4 is 40.1 Å². The van der Waals surface area contributed by atoms with Gasteiger partial charge < -0.3 is 21.3 Å². The minimum absolute atomic E-state index is 0.0957. The van der Waals surface area contributed by atoms with Crippen LogP contribution in [0, 0.1) is 0 Å². The van der Waals surface area contributed by atoms with Gasteiger partial charge in [0.15, 0.2) is 0 Å². The van der Waals surface area contributed by atoms with Crippen molar-refractivity contribution in [3.63, 3.8) is 0 Å². The van der Waals surface area contributed by atoms with Crippen molar-refractivity contribution < 1.29 is 9.59 Å². The molecule has 3 aromatic carbocycles. The van der Waals surface area contributed by atoms with Gasteiger partial charge in [-0.05, 0) is 60.9 Å². The smallest absolute Gasteiger partial charge is 0.256 e. The molecule has 0 saturated heterocycles. The number of anilines is 4. The lowest BCUT2D eigenvalue weighted by Crippen LogP contribution is -2.12. The quantitative estimate of drug-likeness (QED) is 0.304. The second-order valence-electron chi connectivity index (χ2n) is 8.32. The maximum absolute atomic E-state index is 12.6. The molecule has 0 saturated carbocycles. The molecule has 0 unspecified atom stereocenters. The first-order chi connectivity index (χ1) is 17.6. The van der Waals surface area contributed by atoms with Crippen LogP contribution in [0.3, 0.4) is 0 Å². The van der Waals surface area contributed by atoms with Crippen LogP contribution in [0.4, 0.5) is 22.7 Å². The second kappa shape index (κ2) is 11.4. The van der Waals surface area contributed by atoms with E-state index in [-0.39, 0.29) is 11.8 Å². The highest BCUT2D eigenvalue weighted by molar-refractivity contribution is 6.32. The van der Waals surface area contributed by atoms with Gasteiger partial charge in [-0.3, -0.25) is 9.59 Å². The van der Waals surface area contributed by atoms with Gasteiger partial charge in [0.1, 0.15) is 0 Å². The monoisotopic (exact) mass is 480 g/mol. The number of fused-ring (bicyclic) bond motifs is 1. The fraction of sp³-hybridized carbons (Fsp3) is 0.200. The summed E-state index contributed by atoms with van der Waals surface area (Å²) < 4.78 is 0. The van der Waals surface area contributed by atoms with E-state index in [0.717, 1.165) is 53.3 Å². The molecule has 4 N–H and O–H groups in total. The molecule has 36 heavy (non-hydrogen) atoms. The summed E-state index contributed by atoms with van der Waals surface area (Å²) in [6.45, 7) is 7.00. The van der Waals surface area contributed by atoms with E-state index >= 15 is 0 Å². The van der Waals surface area contributed by atoms with Gasteiger partial charge in [0.2, 0.25) is 0 Å². The minimum atomic E-state index is -0.151. The molecular formula is C30H32N4O2. The predicted molar refractivity (Wildman–Crippen MR) is 149 cm³/mol. The van der Waals surface area contributed by atoms with Gasteiger partial charge in [-0.15, -0.1) is 0 Å². The third-order valence-electron chi connectivity index (χ3n) is 6.00. The van der Waals surface area contributed by atoms with Gasteiger partial charge in [0.05, 0.1) is 11.3 Å². The zero-order chi connectivity index (χ0) is 25.5. The minimum Gasteiger partial charge on any atom is -0.385 e. The largest absolute Gasteiger partial charge is 0.385 e. The SMILES string of the molecule is CC.CCc1ccc(NC(=O)c2ccccc2)cc1Nc1ccc2c(c1)NC(=O)/C2=C\C1=CCCN1.